The molecule has 0 aromatic heterocycles. The third-order valence-corrected chi connectivity index (χ3v) is 10.1. The average Bonchev–Trinajstić information content (AvgIpc) is 3.10. The summed E-state index contributed by atoms with van der Waals surface area (Å²) in [6.07, 6.45) is 42.5. The van der Waals surface area contributed by atoms with Crippen molar-refractivity contribution < 1.29 is 24.3 Å². The molecule has 10 heteroatoms. The molecule has 4 N–H and O–H groups in total. The summed E-state index contributed by atoms with van der Waals surface area (Å²) in [5, 5.41) is 10.1. The predicted octanol–water partition coefficient (Wildman–Crippen LogP) is 12.2. The fraction of sp³-hybridized carbons (Fsp3) is 0.978. The van der Waals surface area contributed by atoms with E-state index < -0.39 is 26.4 Å². The van der Waals surface area contributed by atoms with E-state index in [0.717, 1.165) is 0 Å². The molecule has 0 fully saturated rings. The number of carboxylic acid groups (broad SMARTS) is 1. The number of nitrogens with zero attached hydrogens (tertiary/aromatic N) is 3. The zero-order chi connectivity index (χ0) is 42.3. The number of rotatable bonds is 37. The molecule has 55 heavy (non-hydrogen) atoms. The van der Waals surface area contributed by atoms with Crippen molar-refractivity contribution in [2.75, 3.05) is 74.8 Å². The Morgan fingerprint density at radius 1 is 0.418 bits per heavy atom. The van der Waals surface area contributed by atoms with Crippen molar-refractivity contribution in [1.29, 1.82) is 0 Å². The van der Waals surface area contributed by atoms with Gasteiger partial charge in [-0.3, -0.25) is 14.7 Å². The van der Waals surface area contributed by atoms with Gasteiger partial charge >= 0.3 is 13.6 Å². The van der Waals surface area contributed by atoms with Crippen molar-refractivity contribution in [3.8, 4) is 0 Å². The van der Waals surface area contributed by atoms with Gasteiger partial charge in [0.1, 0.15) is 0 Å². The fourth-order valence-electron chi connectivity index (χ4n) is 6.05. The van der Waals surface area contributed by atoms with Crippen LogP contribution in [-0.2, 0) is 9.36 Å². The van der Waals surface area contributed by atoms with Crippen LogP contribution < -0.4 is 5.32 Å². The molecule has 0 bridgehead atoms. The summed E-state index contributed by atoms with van der Waals surface area (Å²) in [5.41, 5.74) is 0. The predicted molar refractivity (Wildman–Crippen MR) is 244 cm³/mol. The zero-order valence-electron chi connectivity index (χ0n) is 38.7. The van der Waals surface area contributed by atoms with Gasteiger partial charge in [0.2, 0.25) is 0 Å². The minimum atomic E-state index is -4.10. The standard InChI is InChI=1S/3C14H31N.C3H8NO5P/c3*1-4-5-6-7-8-9-10-11-12-13-14-15(2)3;5-3(6)1-4-2-10(7,8)9/h3*4-14H2,1-3H3;4H,1-2H2,(H,5,6)(H2,7,8,9). The van der Waals surface area contributed by atoms with E-state index in [4.69, 9.17) is 14.9 Å². The largest absolute Gasteiger partial charge is 0.480 e. The monoisotopic (exact) mass is 809 g/mol. The molecule has 9 nitrogen and oxygen atoms in total. The maximum Gasteiger partial charge on any atom is 0.339 e. The van der Waals surface area contributed by atoms with Crippen LogP contribution >= 0.6 is 7.60 Å². The molecular weight excluding hydrogens is 707 g/mol. The van der Waals surface area contributed by atoms with Gasteiger partial charge < -0.3 is 29.6 Å². The van der Waals surface area contributed by atoms with E-state index in [2.05, 4.69) is 83.1 Å². The van der Waals surface area contributed by atoms with Crippen molar-refractivity contribution in [3.63, 3.8) is 0 Å². The van der Waals surface area contributed by atoms with Gasteiger partial charge in [-0.05, 0) is 81.2 Å². The molecule has 0 saturated carbocycles. The highest BCUT2D eigenvalue weighted by atomic mass is 31.2. The van der Waals surface area contributed by atoms with Crippen LogP contribution in [0.15, 0.2) is 0 Å². The molecule has 0 rings (SSSR count). The van der Waals surface area contributed by atoms with E-state index in [0.29, 0.717) is 0 Å². The second-order valence-electron chi connectivity index (χ2n) is 16.6. The van der Waals surface area contributed by atoms with Gasteiger partial charge in [0.05, 0.1) is 12.8 Å². The number of carboxylic acids is 1. The third-order valence-electron chi connectivity index (χ3n) is 9.47. The molecule has 0 heterocycles. The molecule has 0 amide bonds. The highest BCUT2D eigenvalue weighted by Gasteiger charge is 2.11. The van der Waals surface area contributed by atoms with Gasteiger partial charge in [0.15, 0.2) is 0 Å². The van der Waals surface area contributed by atoms with Gasteiger partial charge in [0, 0.05) is 0 Å². The lowest BCUT2D eigenvalue weighted by Crippen LogP contribution is -2.23. The number of nitrogens with one attached hydrogen (secondary N) is 1. The smallest absolute Gasteiger partial charge is 0.339 e. The van der Waals surface area contributed by atoms with Crippen LogP contribution in [0.5, 0.6) is 0 Å². The highest BCUT2D eigenvalue weighted by molar-refractivity contribution is 7.51. The van der Waals surface area contributed by atoms with Gasteiger partial charge in [-0.25, -0.2) is 0 Å². The number of carbonyl (C=O) groups is 1. The number of hydrogen-bond acceptors (Lipinski definition) is 6. The average molecular weight is 809 g/mol. The van der Waals surface area contributed by atoms with Crippen LogP contribution in [0.3, 0.4) is 0 Å². The highest BCUT2D eigenvalue weighted by Crippen LogP contribution is 2.31. The van der Waals surface area contributed by atoms with Crippen molar-refractivity contribution >= 4 is 13.6 Å². The second kappa shape index (κ2) is 51.5. The third kappa shape index (κ3) is 78.5. The summed E-state index contributed by atoms with van der Waals surface area (Å²) in [6, 6.07) is 0. The first-order valence-corrected chi connectivity index (χ1v) is 24.9. The molecule has 0 radical (unpaired) electrons. The number of hydrogen-bond donors (Lipinski definition) is 4. The number of aliphatic carboxylic acids is 1. The summed E-state index contributed by atoms with van der Waals surface area (Å²) in [4.78, 5) is 33.0. The van der Waals surface area contributed by atoms with E-state index in [1.165, 1.54) is 212 Å². The van der Waals surface area contributed by atoms with Crippen molar-refractivity contribution in [2.45, 2.75) is 213 Å². The SMILES string of the molecule is CCCCCCCCCCCCN(C)C.CCCCCCCCCCCCN(C)C.CCCCCCCCCCCCN(C)C.O=C(O)CNCP(=O)(O)O. The first kappa shape index (κ1) is 61.1. The minimum absolute atomic E-state index is 0.439. The first-order chi connectivity index (χ1) is 26.2. The molecule has 0 aliphatic rings. The zero-order valence-corrected chi connectivity index (χ0v) is 39.6. The minimum Gasteiger partial charge on any atom is -0.480 e. The Hall–Kier alpha value is -0.540. The lowest BCUT2D eigenvalue weighted by atomic mass is 10.1. The Kier molecular flexibility index (Phi) is 57.2. The molecule has 0 aromatic carbocycles. The van der Waals surface area contributed by atoms with Gasteiger partial charge in [-0.2, -0.15) is 0 Å². The van der Waals surface area contributed by atoms with E-state index in [9.17, 15) is 9.36 Å². The molecular formula is C45H101N4O5P. The summed E-state index contributed by atoms with van der Waals surface area (Å²) in [6.45, 7) is 10.2. The van der Waals surface area contributed by atoms with Crippen molar-refractivity contribution in [3.05, 3.63) is 0 Å². The molecule has 336 valence electrons. The van der Waals surface area contributed by atoms with Gasteiger partial charge in [-0.1, -0.05) is 194 Å². The summed E-state index contributed by atoms with van der Waals surface area (Å²) >= 11 is 0. The Bertz CT molecular complexity index is 686. The van der Waals surface area contributed by atoms with Crippen LogP contribution in [0.1, 0.15) is 213 Å². The van der Waals surface area contributed by atoms with E-state index in [1.807, 2.05) is 0 Å². The van der Waals surface area contributed by atoms with Crippen LogP contribution in [0, 0.1) is 0 Å². The maximum absolute atomic E-state index is 10.1. The van der Waals surface area contributed by atoms with Crippen LogP contribution in [0.25, 0.3) is 0 Å². The van der Waals surface area contributed by atoms with Gasteiger partial charge in [0.25, 0.3) is 0 Å². The maximum atomic E-state index is 10.1. The van der Waals surface area contributed by atoms with Crippen LogP contribution in [-0.4, -0.2) is 110 Å². The summed E-state index contributed by atoms with van der Waals surface area (Å²) in [5.74, 6) is -1.14. The summed E-state index contributed by atoms with van der Waals surface area (Å²) in [7, 11) is 8.87. The normalized spacial score (nSPS) is 11.2. The Balaban J connectivity index is -0.000000319. The Morgan fingerprint density at radius 3 is 0.782 bits per heavy atom. The Morgan fingerprint density at radius 2 is 0.618 bits per heavy atom. The first-order valence-electron chi connectivity index (χ1n) is 23.1. The fourth-order valence-corrected chi connectivity index (χ4v) is 6.46. The lowest BCUT2D eigenvalue weighted by Gasteiger charge is -2.08. The lowest BCUT2D eigenvalue weighted by molar-refractivity contribution is -0.135. The molecule has 0 aromatic rings. The van der Waals surface area contributed by atoms with E-state index in [-0.39, 0.29) is 0 Å². The van der Waals surface area contributed by atoms with Crippen LogP contribution in [0.2, 0.25) is 0 Å². The Labute approximate surface area is 345 Å². The molecule has 0 spiro atoms. The molecule has 0 aliphatic heterocycles. The topological polar surface area (TPSA) is 117 Å². The van der Waals surface area contributed by atoms with Gasteiger partial charge in [-0.15, -0.1) is 0 Å². The molecule has 0 aliphatic carbocycles. The molecule has 0 saturated heterocycles. The van der Waals surface area contributed by atoms with Crippen LogP contribution in [0.4, 0.5) is 0 Å². The number of unbranched alkanes of at least 4 members (excludes halogenated alkanes) is 27. The second-order valence-corrected chi connectivity index (χ2v) is 18.2. The quantitative estimate of drug-likeness (QED) is 0.0359. The van der Waals surface area contributed by atoms with E-state index >= 15 is 0 Å². The summed E-state index contributed by atoms with van der Waals surface area (Å²) < 4.78 is 10.1. The molecule has 0 atom stereocenters. The van der Waals surface area contributed by atoms with E-state index in [1.54, 1.807) is 0 Å². The van der Waals surface area contributed by atoms with Crippen molar-refractivity contribution in [1.82, 2.24) is 20.0 Å². The van der Waals surface area contributed by atoms with Crippen molar-refractivity contribution in [2.24, 2.45) is 0 Å². The molecule has 0 unspecified atom stereocenters.